The van der Waals surface area contributed by atoms with Gasteiger partial charge in [0.1, 0.15) is 0 Å². The summed E-state index contributed by atoms with van der Waals surface area (Å²) >= 11 is 10.8. The summed E-state index contributed by atoms with van der Waals surface area (Å²) in [5, 5.41) is 9.54. The zero-order valence-electron chi connectivity index (χ0n) is 15.3. The summed E-state index contributed by atoms with van der Waals surface area (Å²) in [7, 11) is 0. The van der Waals surface area contributed by atoms with Crippen molar-refractivity contribution in [2.24, 2.45) is 0 Å². The molecule has 0 N–H and O–H groups in total. The van der Waals surface area contributed by atoms with E-state index in [9.17, 15) is 0 Å². The second-order valence-electron chi connectivity index (χ2n) is 6.85. The van der Waals surface area contributed by atoms with Crippen LogP contribution in [-0.2, 0) is 51.7 Å². The van der Waals surface area contributed by atoms with Gasteiger partial charge in [0.05, 0.1) is 16.8 Å². The van der Waals surface area contributed by atoms with E-state index in [0.717, 1.165) is 32.6 Å². The minimum atomic E-state index is -0.358. The molecule has 2 aromatic heterocycles. The van der Waals surface area contributed by atoms with E-state index in [4.69, 9.17) is 35.5 Å². The van der Waals surface area contributed by atoms with Crippen molar-refractivity contribution in [3.8, 4) is 11.4 Å². The van der Waals surface area contributed by atoms with E-state index in [2.05, 4.69) is 13.8 Å². The Morgan fingerprint density at radius 2 is 1.07 bits per heavy atom. The van der Waals surface area contributed by atoms with Crippen LogP contribution in [0.3, 0.4) is 0 Å². The van der Waals surface area contributed by atoms with Crippen LogP contribution in [0.5, 0.6) is 0 Å². The van der Waals surface area contributed by atoms with E-state index in [1.165, 1.54) is 0 Å². The predicted octanol–water partition coefficient (Wildman–Crippen LogP) is 4.19. The van der Waals surface area contributed by atoms with Gasteiger partial charge in [0.25, 0.3) is 0 Å². The molecule has 0 atom stereocenters. The third-order valence-corrected chi connectivity index (χ3v) is 5.37. The van der Waals surface area contributed by atoms with Crippen LogP contribution in [0.2, 0.25) is 0 Å². The van der Waals surface area contributed by atoms with Gasteiger partial charge in [0, 0.05) is 23.8 Å². The van der Waals surface area contributed by atoms with Crippen LogP contribution in [0.1, 0.15) is 25.2 Å². The molecular weight excluding hydrogens is 567 g/mol. The Hall–Kier alpha value is -2.01. The fourth-order valence-electron chi connectivity index (χ4n) is 3.01. The molecule has 0 unspecified atom stereocenters. The molecular formula is C21H18N4PtS2. The molecule has 0 radical (unpaired) electrons. The Morgan fingerprint density at radius 1 is 0.679 bits per heavy atom. The first-order valence-corrected chi connectivity index (χ1v) is 9.43. The first-order valence-electron chi connectivity index (χ1n) is 8.62. The number of benzene rings is 2. The number of hydrogen-bond acceptors (Lipinski definition) is 4. The molecule has 0 spiro atoms. The summed E-state index contributed by atoms with van der Waals surface area (Å²) in [6.45, 7) is 4.23. The minimum Gasteiger partial charge on any atom is -0.778 e. The van der Waals surface area contributed by atoms with Gasteiger partial charge in [-0.25, -0.2) is 9.36 Å². The van der Waals surface area contributed by atoms with Gasteiger partial charge in [-0.2, -0.15) is 10.2 Å². The monoisotopic (exact) mass is 585 g/mol. The quantitative estimate of drug-likeness (QED) is 0.337. The standard InChI is InChI=1S/C21H20N4S2.Pt/c1-21(2,19-11-13-24(22-19)15-7-3-5-9-17(15)26)20-12-14-25(23-20)16-8-4-6-10-18(16)27;/h3-14,26-27H,1-2H3;/q;+2/p-2. The Kier molecular flexibility index (Phi) is 6.03. The van der Waals surface area contributed by atoms with Crippen LogP contribution in [0.25, 0.3) is 11.4 Å². The van der Waals surface area contributed by atoms with Gasteiger partial charge in [-0.05, 0) is 38.1 Å². The van der Waals surface area contributed by atoms with Gasteiger partial charge < -0.3 is 25.3 Å². The Morgan fingerprint density at radius 3 is 1.46 bits per heavy atom. The van der Waals surface area contributed by atoms with Crippen molar-refractivity contribution < 1.29 is 21.1 Å². The second-order valence-corrected chi connectivity index (χ2v) is 7.73. The molecule has 0 fully saturated rings. The van der Waals surface area contributed by atoms with Crippen molar-refractivity contribution in [1.82, 2.24) is 19.6 Å². The maximum Gasteiger partial charge on any atom is 2.00 e. The zero-order valence-corrected chi connectivity index (χ0v) is 19.3. The minimum absolute atomic E-state index is 0. The van der Waals surface area contributed by atoms with E-state index >= 15 is 0 Å². The van der Waals surface area contributed by atoms with Gasteiger partial charge in [-0.3, -0.25) is 0 Å². The Bertz CT molecular complexity index is 1020. The molecule has 0 aliphatic heterocycles. The Labute approximate surface area is 190 Å². The molecule has 0 amide bonds. The molecule has 0 aliphatic carbocycles. The fourth-order valence-corrected chi connectivity index (χ4v) is 3.49. The molecule has 2 heterocycles. The number of nitrogens with zero attached hydrogens (tertiary/aromatic N) is 4. The maximum atomic E-state index is 5.41. The molecule has 2 aromatic carbocycles. The third-order valence-electron chi connectivity index (χ3n) is 4.68. The van der Waals surface area contributed by atoms with E-state index in [0.29, 0.717) is 0 Å². The molecule has 144 valence electrons. The van der Waals surface area contributed by atoms with Gasteiger partial charge in [0.2, 0.25) is 0 Å². The van der Waals surface area contributed by atoms with Gasteiger partial charge in [0.15, 0.2) is 0 Å². The summed E-state index contributed by atoms with van der Waals surface area (Å²) in [6.07, 6.45) is 3.88. The van der Waals surface area contributed by atoms with Crippen molar-refractivity contribution in [2.45, 2.75) is 29.1 Å². The number of aromatic nitrogens is 4. The predicted molar refractivity (Wildman–Crippen MR) is 111 cm³/mol. The molecule has 0 aliphatic rings. The Balaban J connectivity index is 0.00000225. The number of hydrogen-bond donors (Lipinski definition) is 0. The molecule has 4 rings (SSSR count). The first-order chi connectivity index (χ1) is 13.0. The van der Waals surface area contributed by atoms with E-state index in [1.807, 2.05) is 82.4 Å². The zero-order chi connectivity index (χ0) is 19.0. The van der Waals surface area contributed by atoms with Crippen molar-refractivity contribution in [3.63, 3.8) is 0 Å². The van der Waals surface area contributed by atoms with E-state index < -0.39 is 0 Å². The van der Waals surface area contributed by atoms with E-state index in [-0.39, 0.29) is 26.5 Å². The summed E-state index contributed by atoms with van der Waals surface area (Å²) in [4.78, 5) is 1.55. The summed E-state index contributed by atoms with van der Waals surface area (Å²) in [5.41, 5.74) is 3.30. The second kappa shape index (κ2) is 8.16. The molecule has 28 heavy (non-hydrogen) atoms. The van der Waals surface area contributed by atoms with Crippen LogP contribution in [0.15, 0.2) is 82.8 Å². The van der Waals surface area contributed by atoms with Crippen molar-refractivity contribution in [1.29, 1.82) is 0 Å². The fraction of sp³-hybridized carbons (Fsp3) is 0.143. The number of para-hydroxylation sites is 2. The molecule has 0 bridgehead atoms. The molecule has 4 aromatic rings. The summed E-state index contributed by atoms with van der Waals surface area (Å²) < 4.78 is 3.66. The first kappa shape index (κ1) is 20.7. The SMILES string of the molecule is CC(C)(c1ccn(-c2ccccc2[S-])n1)c1ccn(-c2ccccc2[S-])n1.[Pt+2]. The molecule has 0 saturated heterocycles. The average molecular weight is 586 g/mol. The molecule has 4 nitrogen and oxygen atoms in total. The third kappa shape index (κ3) is 3.77. The number of rotatable bonds is 4. The smallest absolute Gasteiger partial charge is 0.778 e. The normalized spacial score (nSPS) is 11.2. The van der Waals surface area contributed by atoms with Crippen molar-refractivity contribution in [2.75, 3.05) is 0 Å². The molecule has 0 saturated carbocycles. The summed E-state index contributed by atoms with van der Waals surface area (Å²) in [5.74, 6) is 0. The van der Waals surface area contributed by atoms with Crippen molar-refractivity contribution >= 4 is 25.3 Å². The average Bonchev–Trinajstić information content (AvgIpc) is 3.33. The van der Waals surface area contributed by atoms with Gasteiger partial charge in [-0.15, -0.1) is 9.79 Å². The summed E-state index contributed by atoms with van der Waals surface area (Å²) in [6, 6.07) is 19.6. The van der Waals surface area contributed by atoms with Gasteiger partial charge in [-0.1, -0.05) is 36.4 Å². The topological polar surface area (TPSA) is 35.6 Å². The van der Waals surface area contributed by atoms with Gasteiger partial charge >= 0.3 is 21.1 Å². The maximum absolute atomic E-state index is 5.41. The van der Waals surface area contributed by atoms with Crippen LogP contribution in [0, 0.1) is 0 Å². The van der Waals surface area contributed by atoms with E-state index in [1.54, 1.807) is 0 Å². The van der Waals surface area contributed by atoms with Crippen LogP contribution < -0.4 is 0 Å². The van der Waals surface area contributed by atoms with Crippen LogP contribution in [0.4, 0.5) is 0 Å². The molecule has 7 heteroatoms. The van der Waals surface area contributed by atoms with Crippen LogP contribution >= 0.6 is 0 Å². The largest absolute Gasteiger partial charge is 2.00 e. The van der Waals surface area contributed by atoms with Crippen molar-refractivity contribution in [3.05, 3.63) is 84.4 Å². The van der Waals surface area contributed by atoms with Crippen LogP contribution in [-0.4, -0.2) is 19.6 Å².